The summed E-state index contributed by atoms with van der Waals surface area (Å²) in [6.45, 7) is 6.77. The molecule has 0 radical (unpaired) electrons. The smallest absolute Gasteiger partial charge is 0.317 e. The van der Waals surface area contributed by atoms with Crippen LogP contribution in [-0.4, -0.2) is 67.3 Å². The largest absolute Gasteiger partial charge is 0.375 e. The number of rotatable bonds is 5. The van der Waals surface area contributed by atoms with Crippen LogP contribution in [0.1, 0.15) is 37.7 Å². The Morgan fingerprint density at radius 1 is 1.15 bits per heavy atom. The van der Waals surface area contributed by atoms with Crippen LogP contribution in [0.3, 0.4) is 0 Å². The molecule has 3 aliphatic heterocycles. The number of likely N-dealkylation sites (tertiary alicyclic amines) is 2. The lowest BCUT2D eigenvalue weighted by Gasteiger charge is -2.47. The van der Waals surface area contributed by atoms with Gasteiger partial charge in [0, 0.05) is 32.7 Å². The highest BCUT2D eigenvalue weighted by Gasteiger charge is 2.41. The van der Waals surface area contributed by atoms with Crippen LogP contribution in [0.25, 0.3) is 0 Å². The molecule has 5 heteroatoms. The summed E-state index contributed by atoms with van der Waals surface area (Å²) in [6, 6.07) is 10.8. The van der Waals surface area contributed by atoms with E-state index < -0.39 is 0 Å². The molecule has 3 saturated heterocycles. The fraction of sp³-hybridized carbons (Fsp3) is 0.682. The molecule has 27 heavy (non-hydrogen) atoms. The average Bonchev–Trinajstić information content (AvgIpc) is 2.70. The van der Waals surface area contributed by atoms with Crippen LogP contribution in [-0.2, 0) is 11.2 Å². The van der Waals surface area contributed by atoms with Gasteiger partial charge in [0.15, 0.2) is 0 Å². The molecular weight excluding hydrogens is 338 g/mol. The molecule has 0 saturated carbocycles. The van der Waals surface area contributed by atoms with Crippen molar-refractivity contribution in [2.24, 2.45) is 5.92 Å². The van der Waals surface area contributed by atoms with E-state index in [1.807, 2.05) is 4.90 Å². The molecule has 0 aliphatic carbocycles. The molecule has 1 N–H and O–H groups in total. The van der Waals surface area contributed by atoms with Crippen molar-refractivity contribution in [3.8, 4) is 0 Å². The van der Waals surface area contributed by atoms with E-state index >= 15 is 0 Å². The zero-order valence-corrected chi connectivity index (χ0v) is 16.4. The van der Waals surface area contributed by atoms with Gasteiger partial charge in [-0.1, -0.05) is 30.3 Å². The minimum absolute atomic E-state index is 0.111. The number of hydrogen-bond acceptors (Lipinski definition) is 3. The number of hydrogen-bond donors (Lipinski definition) is 1. The second-order valence-corrected chi connectivity index (χ2v) is 8.50. The second-order valence-electron chi connectivity index (χ2n) is 8.50. The number of benzene rings is 1. The zero-order valence-electron chi connectivity index (χ0n) is 16.4. The van der Waals surface area contributed by atoms with Crippen molar-refractivity contribution >= 4 is 6.03 Å². The van der Waals surface area contributed by atoms with Crippen LogP contribution < -0.4 is 5.32 Å². The van der Waals surface area contributed by atoms with Crippen LogP contribution in [0.2, 0.25) is 0 Å². The van der Waals surface area contributed by atoms with Gasteiger partial charge in [-0.25, -0.2) is 4.79 Å². The Labute approximate surface area is 163 Å². The van der Waals surface area contributed by atoms with Gasteiger partial charge in [-0.2, -0.15) is 0 Å². The number of amides is 2. The Kier molecular flexibility index (Phi) is 5.98. The van der Waals surface area contributed by atoms with Crippen molar-refractivity contribution in [1.82, 2.24) is 15.1 Å². The Balaban J connectivity index is 1.16. The van der Waals surface area contributed by atoms with Gasteiger partial charge in [-0.3, -0.25) is 0 Å². The van der Waals surface area contributed by atoms with Crippen LogP contribution in [0.15, 0.2) is 30.3 Å². The summed E-state index contributed by atoms with van der Waals surface area (Å²) < 4.78 is 5.75. The highest BCUT2D eigenvalue weighted by molar-refractivity contribution is 5.74. The molecular formula is C22H33N3O2. The third-order valence-corrected chi connectivity index (χ3v) is 6.63. The molecule has 3 heterocycles. The van der Waals surface area contributed by atoms with Gasteiger partial charge in [0.25, 0.3) is 0 Å². The molecule has 4 rings (SSSR count). The average molecular weight is 372 g/mol. The molecule has 1 unspecified atom stereocenters. The number of nitrogens with one attached hydrogen (secondary N) is 1. The lowest BCUT2D eigenvalue weighted by atomic mass is 9.84. The van der Waals surface area contributed by atoms with Crippen molar-refractivity contribution in [1.29, 1.82) is 0 Å². The molecule has 3 aliphatic rings. The van der Waals surface area contributed by atoms with Gasteiger partial charge < -0.3 is 19.9 Å². The van der Waals surface area contributed by atoms with E-state index in [-0.39, 0.29) is 11.6 Å². The normalized spacial score (nSPS) is 25.2. The topological polar surface area (TPSA) is 44.8 Å². The van der Waals surface area contributed by atoms with E-state index in [4.69, 9.17) is 4.74 Å². The third-order valence-electron chi connectivity index (χ3n) is 6.63. The van der Waals surface area contributed by atoms with Crippen LogP contribution in [0, 0.1) is 5.92 Å². The maximum Gasteiger partial charge on any atom is 0.317 e. The van der Waals surface area contributed by atoms with Crippen LogP contribution in [0.5, 0.6) is 0 Å². The number of urea groups is 1. The maximum atomic E-state index is 12.5. The van der Waals surface area contributed by atoms with E-state index in [1.165, 1.54) is 31.4 Å². The third kappa shape index (κ3) is 4.82. The Bertz CT molecular complexity index is 607. The predicted molar refractivity (Wildman–Crippen MR) is 107 cm³/mol. The van der Waals surface area contributed by atoms with Gasteiger partial charge in [0.05, 0.1) is 12.2 Å². The highest BCUT2D eigenvalue weighted by Crippen LogP contribution is 2.36. The second kappa shape index (κ2) is 8.61. The molecule has 3 fully saturated rings. The maximum absolute atomic E-state index is 12.5. The number of piperidine rings is 2. The van der Waals surface area contributed by atoms with Gasteiger partial charge in [-0.15, -0.1) is 0 Å². The summed E-state index contributed by atoms with van der Waals surface area (Å²) in [5, 5.41) is 3.20. The molecule has 1 spiro atoms. The SMILES string of the molecule is O=C(NCC1CCCN(CCc2ccccc2)C1)N1CCC2(CCO2)CC1. The first-order valence-corrected chi connectivity index (χ1v) is 10.7. The fourth-order valence-electron chi connectivity index (χ4n) is 4.70. The van der Waals surface area contributed by atoms with Crippen molar-refractivity contribution in [3.05, 3.63) is 35.9 Å². The summed E-state index contributed by atoms with van der Waals surface area (Å²) in [7, 11) is 0. The summed E-state index contributed by atoms with van der Waals surface area (Å²) in [5.41, 5.74) is 1.52. The molecule has 1 aromatic rings. The highest BCUT2D eigenvalue weighted by atomic mass is 16.5. The van der Waals surface area contributed by atoms with Gasteiger partial charge in [0.1, 0.15) is 0 Å². The van der Waals surface area contributed by atoms with E-state index in [2.05, 4.69) is 40.5 Å². The molecule has 148 valence electrons. The lowest BCUT2D eigenvalue weighted by molar-refractivity contribution is -0.169. The van der Waals surface area contributed by atoms with Crippen molar-refractivity contribution in [3.63, 3.8) is 0 Å². The van der Waals surface area contributed by atoms with E-state index in [0.29, 0.717) is 5.92 Å². The van der Waals surface area contributed by atoms with Crippen LogP contribution >= 0.6 is 0 Å². The molecule has 1 aromatic carbocycles. The molecule has 0 aromatic heterocycles. The number of carbonyl (C=O) groups is 1. The number of ether oxygens (including phenoxy) is 1. The van der Waals surface area contributed by atoms with Crippen molar-refractivity contribution in [2.45, 2.75) is 44.1 Å². The Morgan fingerprint density at radius 2 is 1.93 bits per heavy atom. The van der Waals surface area contributed by atoms with E-state index in [0.717, 1.165) is 58.6 Å². The predicted octanol–water partition coefficient (Wildman–Crippen LogP) is 2.91. The minimum Gasteiger partial charge on any atom is -0.375 e. The monoisotopic (exact) mass is 371 g/mol. The van der Waals surface area contributed by atoms with Crippen molar-refractivity contribution in [2.75, 3.05) is 45.9 Å². The number of carbonyl (C=O) groups excluding carboxylic acids is 1. The summed E-state index contributed by atoms with van der Waals surface area (Å²) in [5.74, 6) is 0.574. The molecule has 5 nitrogen and oxygen atoms in total. The standard InChI is InChI=1S/C22H33N3O2/c26-21(25-14-9-22(10-15-25)11-16-27-22)23-17-20-7-4-12-24(18-20)13-8-19-5-2-1-3-6-19/h1-3,5-6,20H,4,7-18H2,(H,23,26). The first kappa shape index (κ1) is 18.8. The van der Waals surface area contributed by atoms with E-state index in [1.54, 1.807) is 0 Å². The summed E-state index contributed by atoms with van der Waals surface area (Å²) in [4.78, 5) is 17.0. The lowest BCUT2D eigenvalue weighted by Crippen LogP contribution is -2.55. The quantitative estimate of drug-likeness (QED) is 0.866. The van der Waals surface area contributed by atoms with E-state index in [9.17, 15) is 4.79 Å². The molecule has 0 bridgehead atoms. The first-order valence-electron chi connectivity index (χ1n) is 10.7. The summed E-state index contributed by atoms with van der Waals surface area (Å²) in [6.07, 6.45) is 6.73. The van der Waals surface area contributed by atoms with Crippen LogP contribution in [0.4, 0.5) is 4.79 Å². The van der Waals surface area contributed by atoms with Gasteiger partial charge >= 0.3 is 6.03 Å². The summed E-state index contributed by atoms with van der Waals surface area (Å²) >= 11 is 0. The fourth-order valence-corrected chi connectivity index (χ4v) is 4.70. The minimum atomic E-state index is 0.111. The Morgan fingerprint density at radius 3 is 2.63 bits per heavy atom. The van der Waals surface area contributed by atoms with Gasteiger partial charge in [0.2, 0.25) is 0 Å². The zero-order chi connectivity index (χ0) is 18.5. The van der Waals surface area contributed by atoms with Crippen molar-refractivity contribution < 1.29 is 9.53 Å². The molecule has 1 atom stereocenters. The Hall–Kier alpha value is -1.59. The molecule has 2 amide bonds. The first-order chi connectivity index (χ1) is 13.2. The number of nitrogens with zero attached hydrogens (tertiary/aromatic N) is 2. The van der Waals surface area contributed by atoms with Gasteiger partial charge in [-0.05, 0) is 56.6 Å².